The molecule has 4 rings (SSSR count). The molecule has 6 heteroatoms. The highest BCUT2D eigenvalue weighted by molar-refractivity contribution is 5.93. The number of aliphatic carboxylic acids is 1. The van der Waals surface area contributed by atoms with E-state index in [0.29, 0.717) is 23.4 Å². The summed E-state index contributed by atoms with van der Waals surface area (Å²) in [5, 5.41) is 17.0. The van der Waals surface area contributed by atoms with Crippen molar-refractivity contribution in [3.63, 3.8) is 0 Å². The third-order valence-corrected chi connectivity index (χ3v) is 7.17. The molecule has 2 fully saturated rings. The van der Waals surface area contributed by atoms with Gasteiger partial charge in [-0.25, -0.2) is 0 Å². The molecule has 2 aliphatic carbocycles. The summed E-state index contributed by atoms with van der Waals surface area (Å²) in [6.45, 7) is 8.43. The molecule has 1 aromatic heterocycles. The second kappa shape index (κ2) is 9.70. The van der Waals surface area contributed by atoms with Crippen molar-refractivity contribution in [3.8, 4) is 0 Å². The molecule has 2 aromatic rings. The molecule has 0 radical (unpaired) electrons. The minimum absolute atomic E-state index is 0.0758. The number of aryl methyl sites for hydroxylation is 2. The number of carboxylic acids is 1. The van der Waals surface area contributed by atoms with Gasteiger partial charge in [0.15, 0.2) is 0 Å². The fraction of sp³-hybridized carbons (Fsp3) is 0.593. The van der Waals surface area contributed by atoms with Gasteiger partial charge in [-0.1, -0.05) is 37.2 Å². The fourth-order valence-corrected chi connectivity index (χ4v) is 5.41. The zero-order valence-electron chi connectivity index (χ0n) is 20.2. The first-order valence-electron chi connectivity index (χ1n) is 12.3. The highest BCUT2D eigenvalue weighted by atomic mass is 16.5. The Hall–Kier alpha value is -2.63. The van der Waals surface area contributed by atoms with E-state index >= 15 is 0 Å². The maximum absolute atomic E-state index is 13.0. The largest absolute Gasteiger partial charge is 0.481 e. The number of nitrogens with one attached hydrogen (secondary N) is 1. The lowest BCUT2D eigenvalue weighted by atomic mass is 9.69. The first-order valence-corrected chi connectivity index (χ1v) is 12.3. The van der Waals surface area contributed by atoms with Crippen LogP contribution in [-0.2, 0) is 9.59 Å². The first kappa shape index (κ1) is 23.5. The van der Waals surface area contributed by atoms with Crippen molar-refractivity contribution in [3.05, 3.63) is 46.3 Å². The van der Waals surface area contributed by atoms with E-state index in [2.05, 4.69) is 24.3 Å². The summed E-state index contributed by atoms with van der Waals surface area (Å²) in [5.74, 6) is 1.54. The number of aromatic nitrogens is 1. The third kappa shape index (κ3) is 5.48. The van der Waals surface area contributed by atoms with Crippen LogP contribution in [0.5, 0.6) is 0 Å². The molecule has 6 nitrogen and oxygen atoms in total. The summed E-state index contributed by atoms with van der Waals surface area (Å²) in [6, 6.07) is 5.87. The molecule has 2 saturated carbocycles. The molecule has 2 aliphatic rings. The summed E-state index contributed by atoms with van der Waals surface area (Å²) >= 11 is 0. The van der Waals surface area contributed by atoms with Crippen LogP contribution in [0.2, 0.25) is 0 Å². The topological polar surface area (TPSA) is 92.4 Å². The van der Waals surface area contributed by atoms with Gasteiger partial charge in [0.05, 0.1) is 12.1 Å². The van der Waals surface area contributed by atoms with Crippen molar-refractivity contribution in [1.29, 1.82) is 0 Å². The Bertz CT molecular complexity index is 995. The van der Waals surface area contributed by atoms with Gasteiger partial charge >= 0.3 is 5.97 Å². The molecule has 0 saturated heterocycles. The SMILES string of the molecule is Cc1cccc(C)c1NC(=O)C[C@H](CC(=O)O)c1noc(C2CC(CC(C)C)C2)c1C1CC1. The molecule has 1 amide bonds. The fourth-order valence-electron chi connectivity index (χ4n) is 5.41. The average Bonchev–Trinajstić information content (AvgIpc) is 3.45. The van der Waals surface area contributed by atoms with Gasteiger partial charge in [-0.3, -0.25) is 9.59 Å². The summed E-state index contributed by atoms with van der Waals surface area (Å²) in [6.07, 6.45) is 5.57. The highest BCUT2D eigenvalue weighted by Crippen LogP contribution is 2.52. The number of carboxylic acid groups (broad SMARTS) is 1. The number of para-hydroxylation sites is 1. The van der Waals surface area contributed by atoms with Crippen molar-refractivity contribution in [2.45, 2.75) is 90.4 Å². The Morgan fingerprint density at radius 1 is 1.12 bits per heavy atom. The van der Waals surface area contributed by atoms with E-state index in [1.807, 2.05) is 32.0 Å². The molecular weight excluding hydrogens is 416 g/mol. The highest BCUT2D eigenvalue weighted by Gasteiger charge is 2.42. The van der Waals surface area contributed by atoms with Gasteiger partial charge in [-0.05, 0) is 74.8 Å². The number of hydrogen-bond donors (Lipinski definition) is 2. The first-order chi connectivity index (χ1) is 15.7. The summed E-state index contributed by atoms with van der Waals surface area (Å²) < 4.78 is 5.88. The van der Waals surface area contributed by atoms with Gasteiger partial charge in [0.1, 0.15) is 5.76 Å². The molecule has 0 unspecified atom stereocenters. The Morgan fingerprint density at radius 3 is 2.36 bits per heavy atom. The van der Waals surface area contributed by atoms with Gasteiger partial charge < -0.3 is 14.9 Å². The molecule has 0 spiro atoms. The minimum Gasteiger partial charge on any atom is -0.481 e. The zero-order chi connectivity index (χ0) is 23.7. The Morgan fingerprint density at radius 2 is 1.79 bits per heavy atom. The molecule has 2 N–H and O–H groups in total. The van der Waals surface area contributed by atoms with Gasteiger partial charge in [0.2, 0.25) is 5.91 Å². The predicted octanol–water partition coefficient (Wildman–Crippen LogP) is 6.30. The smallest absolute Gasteiger partial charge is 0.304 e. The van der Waals surface area contributed by atoms with E-state index in [1.165, 1.54) is 6.42 Å². The van der Waals surface area contributed by atoms with E-state index in [0.717, 1.165) is 59.7 Å². The molecule has 0 aliphatic heterocycles. The van der Waals surface area contributed by atoms with Crippen molar-refractivity contribution < 1.29 is 19.2 Å². The number of carbonyl (C=O) groups is 2. The molecule has 1 aromatic carbocycles. The molecule has 33 heavy (non-hydrogen) atoms. The van der Waals surface area contributed by atoms with Crippen molar-refractivity contribution in [1.82, 2.24) is 5.16 Å². The van der Waals surface area contributed by atoms with Crippen LogP contribution in [0.25, 0.3) is 0 Å². The van der Waals surface area contributed by atoms with Gasteiger partial charge in [-0.2, -0.15) is 0 Å². The van der Waals surface area contributed by atoms with Gasteiger partial charge in [0.25, 0.3) is 0 Å². The Balaban J connectivity index is 1.53. The second-order valence-corrected chi connectivity index (χ2v) is 10.6. The number of carbonyl (C=O) groups excluding carboxylic acids is 1. The van der Waals surface area contributed by atoms with Crippen molar-refractivity contribution in [2.75, 3.05) is 5.32 Å². The lowest BCUT2D eigenvalue weighted by Crippen LogP contribution is -2.24. The predicted molar refractivity (Wildman–Crippen MR) is 128 cm³/mol. The number of hydrogen-bond acceptors (Lipinski definition) is 4. The minimum atomic E-state index is -0.924. The number of amides is 1. The van der Waals surface area contributed by atoms with Crippen LogP contribution < -0.4 is 5.32 Å². The normalized spacial score (nSPS) is 21.0. The third-order valence-electron chi connectivity index (χ3n) is 7.17. The van der Waals surface area contributed by atoms with E-state index in [-0.39, 0.29) is 18.7 Å². The summed E-state index contributed by atoms with van der Waals surface area (Å²) in [4.78, 5) is 24.7. The van der Waals surface area contributed by atoms with Crippen LogP contribution in [0.15, 0.2) is 22.7 Å². The van der Waals surface area contributed by atoms with Crippen LogP contribution in [-0.4, -0.2) is 22.1 Å². The van der Waals surface area contributed by atoms with Crippen LogP contribution in [0.3, 0.4) is 0 Å². The van der Waals surface area contributed by atoms with E-state index in [9.17, 15) is 14.7 Å². The quantitative estimate of drug-likeness (QED) is 0.441. The summed E-state index contributed by atoms with van der Waals surface area (Å²) in [5.41, 5.74) is 4.57. The van der Waals surface area contributed by atoms with Crippen LogP contribution in [0.4, 0.5) is 5.69 Å². The molecule has 1 heterocycles. The second-order valence-electron chi connectivity index (χ2n) is 10.6. The molecule has 1 atom stereocenters. The van der Waals surface area contributed by atoms with Gasteiger partial charge in [0, 0.05) is 29.5 Å². The number of benzene rings is 1. The standard InChI is InChI=1S/C27H36N2O4/c1-15(2)10-18-11-21(12-18)27-24(19-8-9-19)26(29-33-27)20(14-23(31)32)13-22(30)28-25-16(3)6-5-7-17(25)4/h5-7,15,18-21H,8-14H2,1-4H3,(H,28,30)(H,31,32)/t18?,20-,21?/m1/s1. The Kier molecular flexibility index (Phi) is 6.91. The lowest BCUT2D eigenvalue weighted by molar-refractivity contribution is -0.137. The monoisotopic (exact) mass is 452 g/mol. The number of anilines is 1. The van der Waals surface area contributed by atoms with Crippen LogP contribution in [0.1, 0.15) is 105 Å². The average molecular weight is 453 g/mol. The number of rotatable bonds is 10. The van der Waals surface area contributed by atoms with Crippen LogP contribution >= 0.6 is 0 Å². The summed E-state index contributed by atoms with van der Waals surface area (Å²) in [7, 11) is 0. The molecule has 0 bridgehead atoms. The van der Waals surface area contributed by atoms with E-state index < -0.39 is 11.9 Å². The van der Waals surface area contributed by atoms with Gasteiger partial charge in [-0.15, -0.1) is 0 Å². The van der Waals surface area contributed by atoms with Crippen LogP contribution in [0, 0.1) is 25.7 Å². The van der Waals surface area contributed by atoms with E-state index in [4.69, 9.17) is 4.52 Å². The van der Waals surface area contributed by atoms with Crippen molar-refractivity contribution in [2.24, 2.45) is 11.8 Å². The zero-order valence-corrected chi connectivity index (χ0v) is 20.2. The maximum Gasteiger partial charge on any atom is 0.304 e. The Labute approximate surface area is 196 Å². The maximum atomic E-state index is 13.0. The molecular formula is C27H36N2O4. The molecule has 178 valence electrons. The number of nitrogens with zero attached hydrogens (tertiary/aromatic N) is 1. The lowest BCUT2D eigenvalue weighted by Gasteiger charge is -2.35. The van der Waals surface area contributed by atoms with E-state index in [1.54, 1.807) is 0 Å². The van der Waals surface area contributed by atoms with Crippen molar-refractivity contribution >= 4 is 17.6 Å².